The van der Waals surface area contributed by atoms with Crippen LogP contribution in [0.4, 0.5) is 0 Å². The summed E-state index contributed by atoms with van der Waals surface area (Å²) in [5.41, 5.74) is 4.05. The summed E-state index contributed by atoms with van der Waals surface area (Å²) < 4.78 is 0. The number of carbonyl (C=O) groups is 1. The van der Waals surface area contributed by atoms with Crippen LogP contribution in [0.5, 0.6) is 0 Å². The molecule has 0 saturated heterocycles. The fourth-order valence-electron chi connectivity index (χ4n) is 2.68. The first-order valence-electron chi connectivity index (χ1n) is 8.39. The van der Waals surface area contributed by atoms with E-state index in [0.29, 0.717) is 0 Å². The second-order valence-electron chi connectivity index (χ2n) is 5.84. The van der Waals surface area contributed by atoms with Crippen molar-refractivity contribution in [2.24, 2.45) is 0 Å². The molecule has 3 rings (SSSR count). The van der Waals surface area contributed by atoms with E-state index in [1.165, 1.54) is 0 Å². The molecule has 1 aliphatic carbocycles. The largest absolute Gasteiger partial charge is 0.323 e. The molecular formula is C22H25NO. The third kappa shape index (κ3) is 5.32. The van der Waals surface area contributed by atoms with Crippen LogP contribution in [-0.2, 0) is 4.79 Å². The van der Waals surface area contributed by atoms with Gasteiger partial charge in [0.25, 0.3) is 0 Å². The topological polar surface area (TPSA) is 29.1 Å². The summed E-state index contributed by atoms with van der Waals surface area (Å²) in [6.45, 7) is 0. The predicted octanol–water partition coefficient (Wildman–Crippen LogP) is 4.74. The molecular weight excluding hydrogens is 294 g/mol. The molecule has 0 aromatic heterocycles. The summed E-state index contributed by atoms with van der Waals surface area (Å²) in [4.78, 5) is 12.6. The first-order valence-corrected chi connectivity index (χ1v) is 8.39. The van der Waals surface area contributed by atoms with E-state index >= 15 is 0 Å². The summed E-state index contributed by atoms with van der Waals surface area (Å²) >= 11 is 0. The molecule has 124 valence electrons. The number of Topliss-reactive ketones (excluding diaryl/α,β-unsaturated/α-hetero) is 1. The highest BCUT2D eigenvalue weighted by atomic mass is 16.1. The maximum atomic E-state index is 12.6. The molecule has 2 aromatic carbocycles. The first-order chi connectivity index (χ1) is 11.7. The molecule has 24 heavy (non-hydrogen) atoms. The molecule has 1 saturated carbocycles. The van der Waals surface area contributed by atoms with Gasteiger partial charge in [0.1, 0.15) is 0 Å². The lowest BCUT2D eigenvalue weighted by Crippen LogP contribution is -2.12. The lowest BCUT2D eigenvalue weighted by Gasteiger charge is -2.16. The van der Waals surface area contributed by atoms with Crippen molar-refractivity contribution in [2.45, 2.75) is 19.3 Å². The molecule has 2 heteroatoms. The zero-order chi connectivity index (χ0) is 17.2. The monoisotopic (exact) mass is 319 g/mol. The molecule has 0 radical (unpaired) electrons. The average molecular weight is 319 g/mol. The number of nitrogens with one attached hydrogen (secondary N) is 1. The second kappa shape index (κ2) is 9.64. The highest BCUT2D eigenvalue weighted by Gasteiger charge is 2.20. The van der Waals surface area contributed by atoms with Gasteiger partial charge in [-0.15, -0.1) is 0 Å². The third-order valence-electron chi connectivity index (χ3n) is 3.76. The highest BCUT2D eigenvalue weighted by Crippen LogP contribution is 2.27. The Morgan fingerprint density at radius 1 is 0.750 bits per heavy atom. The standard InChI is InChI=1S/C20H18O.C2H7N/c21-20-18(14-16-8-3-1-4-9-16)12-7-13-19(20)15-17-10-5-2-6-11-17;1-3-2/h1-6,8-11,14-15H,7,12-13H2;3H,1-2H3. The molecule has 1 N–H and O–H groups in total. The quantitative estimate of drug-likeness (QED) is 0.810. The Balaban J connectivity index is 0.000000647. The predicted molar refractivity (Wildman–Crippen MR) is 103 cm³/mol. The Kier molecular flexibility index (Phi) is 7.19. The minimum atomic E-state index is 0.203. The van der Waals surface area contributed by atoms with Gasteiger partial charge in [-0.2, -0.15) is 0 Å². The van der Waals surface area contributed by atoms with Crippen molar-refractivity contribution in [1.82, 2.24) is 5.32 Å². The number of hydrogen-bond acceptors (Lipinski definition) is 2. The maximum Gasteiger partial charge on any atom is 0.185 e. The zero-order valence-electron chi connectivity index (χ0n) is 14.5. The Labute approximate surface area is 144 Å². The van der Waals surface area contributed by atoms with E-state index < -0.39 is 0 Å². The van der Waals surface area contributed by atoms with E-state index in [0.717, 1.165) is 41.5 Å². The van der Waals surface area contributed by atoms with Crippen molar-refractivity contribution >= 4 is 17.9 Å². The van der Waals surface area contributed by atoms with Crippen LogP contribution in [0.2, 0.25) is 0 Å². The van der Waals surface area contributed by atoms with E-state index in [9.17, 15) is 4.79 Å². The number of benzene rings is 2. The van der Waals surface area contributed by atoms with Crippen LogP contribution < -0.4 is 5.32 Å². The number of ketones is 1. The van der Waals surface area contributed by atoms with Crippen LogP contribution in [0.25, 0.3) is 12.2 Å². The molecule has 1 aliphatic rings. The number of hydrogen-bond donors (Lipinski definition) is 1. The van der Waals surface area contributed by atoms with Crippen LogP contribution in [-0.4, -0.2) is 19.9 Å². The first kappa shape index (κ1) is 17.9. The summed E-state index contributed by atoms with van der Waals surface area (Å²) in [6.07, 6.45) is 6.85. The lowest BCUT2D eigenvalue weighted by molar-refractivity contribution is -0.112. The van der Waals surface area contributed by atoms with Crippen molar-refractivity contribution < 1.29 is 4.79 Å². The molecule has 1 fully saturated rings. The van der Waals surface area contributed by atoms with Crippen molar-refractivity contribution in [3.05, 3.63) is 82.9 Å². The van der Waals surface area contributed by atoms with Gasteiger partial charge in [0, 0.05) is 11.1 Å². The molecule has 2 aromatic rings. The van der Waals surface area contributed by atoms with Gasteiger partial charge in [0.05, 0.1) is 0 Å². The van der Waals surface area contributed by atoms with Gasteiger partial charge in [-0.3, -0.25) is 4.79 Å². The van der Waals surface area contributed by atoms with E-state index in [1.54, 1.807) is 0 Å². The van der Waals surface area contributed by atoms with Gasteiger partial charge in [-0.1, -0.05) is 60.7 Å². The van der Waals surface area contributed by atoms with Crippen molar-refractivity contribution in [1.29, 1.82) is 0 Å². The summed E-state index contributed by atoms with van der Waals surface area (Å²) in [5, 5.41) is 2.75. The highest BCUT2D eigenvalue weighted by molar-refractivity contribution is 6.13. The molecule has 0 spiro atoms. The Morgan fingerprint density at radius 2 is 1.12 bits per heavy atom. The summed E-state index contributed by atoms with van der Waals surface area (Å²) in [6, 6.07) is 20.1. The smallest absolute Gasteiger partial charge is 0.185 e. The van der Waals surface area contributed by atoms with Gasteiger partial charge in [0.15, 0.2) is 5.78 Å². The van der Waals surface area contributed by atoms with E-state index in [-0.39, 0.29) is 5.78 Å². The van der Waals surface area contributed by atoms with Gasteiger partial charge in [-0.05, 0) is 56.6 Å². The Morgan fingerprint density at radius 3 is 1.50 bits per heavy atom. The van der Waals surface area contributed by atoms with Gasteiger partial charge >= 0.3 is 0 Å². The van der Waals surface area contributed by atoms with E-state index in [1.807, 2.05) is 86.9 Å². The Hall–Kier alpha value is -2.45. The minimum Gasteiger partial charge on any atom is -0.323 e. The van der Waals surface area contributed by atoms with Gasteiger partial charge < -0.3 is 5.32 Å². The zero-order valence-corrected chi connectivity index (χ0v) is 14.5. The molecule has 0 atom stereocenters. The Bertz CT molecular complexity index is 640. The summed E-state index contributed by atoms with van der Waals surface area (Å²) in [7, 11) is 3.75. The fourth-order valence-corrected chi connectivity index (χ4v) is 2.68. The third-order valence-corrected chi connectivity index (χ3v) is 3.76. The molecule has 0 aliphatic heterocycles. The SMILES string of the molecule is CNC.O=C1C(=Cc2ccccc2)CCCC1=Cc1ccccc1. The van der Waals surface area contributed by atoms with Crippen LogP contribution >= 0.6 is 0 Å². The van der Waals surface area contributed by atoms with E-state index in [2.05, 4.69) is 5.32 Å². The van der Waals surface area contributed by atoms with Crippen molar-refractivity contribution in [3.8, 4) is 0 Å². The molecule has 0 bridgehead atoms. The maximum absolute atomic E-state index is 12.6. The van der Waals surface area contributed by atoms with Gasteiger partial charge in [-0.25, -0.2) is 0 Å². The number of allylic oxidation sites excluding steroid dienone is 2. The van der Waals surface area contributed by atoms with Crippen molar-refractivity contribution in [3.63, 3.8) is 0 Å². The average Bonchev–Trinajstić information content (AvgIpc) is 2.61. The van der Waals surface area contributed by atoms with Crippen LogP contribution in [0.3, 0.4) is 0 Å². The van der Waals surface area contributed by atoms with E-state index in [4.69, 9.17) is 0 Å². The normalized spacial score (nSPS) is 17.5. The molecule has 0 unspecified atom stereocenters. The summed E-state index contributed by atoms with van der Waals surface area (Å²) in [5.74, 6) is 0.203. The fraction of sp³-hybridized carbons (Fsp3) is 0.227. The lowest BCUT2D eigenvalue weighted by atomic mass is 9.87. The number of rotatable bonds is 2. The molecule has 0 heterocycles. The van der Waals surface area contributed by atoms with Crippen molar-refractivity contribution in [2.75, 3.05) is 14.1 Å². The van der Waals surface area contributed by atoms with Crippen LogP contribution in [0, 0.1) is 0 Å². The minimum absolute atomic E-state index is 0.203. The van der Waals surface area contributed by atoms with Crippen LogP contribution in [0.1, 0.15) is 30.4 Å². The second-order valence-corrected chi connectivity index (χ2v) is 5.84. The molecule has 0 amide bonds. The van der Waals surface area contributed by atoms with Gasteiger partial charge in [0.2, 0.25) is 0 Å². The van der Waals surface area contributed by atoms with Crippen LogP contribution in [0.15, 0.2) is 71.8 Å². The number of carbonyl (C=O) groups excluding carboxylic acids is 1. The molecule has 2 nitrogen and oxygen atoms in total.